The second kappa shape index (κ2) is 12.9. The van der Waals surface area contributed by atoms with Crippen LogP contribution in [0.2, 0.25) is 0 Å². The van der Waals surface area contributed by atoms with Crippen molar-refractivity contribution in [3.05, 3.63) is 12.7 Å². The summed E-state index contributed by atoms with van der Waals surface area (Å²) in [6.07, 6.45) is 6.60. The lowest BCUT2D eigenvalue weighted by Gasteiger charge is -2.28. The summed E-state index contributed by atoms with van der Waals surface area (Å²) in [6, 6.07) is 0. The lowest BCUT2D eigenvalue weighted by atomic mass is 10.2. The van der Waals surface area contributed by atoms with E-state index >= 15 is 0 Å². The molecule has 0 aromatic rings. The zero-order valence-corrected chi connectivity index (χ0v) is 18.2. The topological polar surface area (TPSA) is 65.0 Å². The summed E-state index contributed by atoms with van der Waals surface area (Å²) in [5.41, 5.74) is 0. The molecule has 0 aliphatic carbocycles. The number of aliphatic imine (C=N–C) groups is 1. The molecular weight excluding hydrogens is 439 g/mol. The standard InChI is InChI=1S/C16H32N4O2S.HI/c1-4-5-6-7-8-10-19(3)16(17-2)18-9-11-20-12-14-23(21,22)15-13-20;/h4H,1,5-15H2,2-3H3,(H,17,18);1H. The molecule has 1 N–H and O–H groups in total. The SMILES string of the molecule is C=CCCCCCN(C)C(=NC)NCCN1CCS(=O)(=O)CC1.I. The smallest absolute Gasteiger partial charge is 0.193 e. The Bertz CT molecular complexity index is 468. The summed E-state index contributed by atoms with van der Waals surface area (Å²) < 4.78 is 22.8. The zero-order chi connectivity index (χ0) is 17.1. The van der Waals surface area contributed by atoms with E-state index in [1.165, 1.54) is 12.8 Å². The number of sulfone groups is 1. The van der Waals surface area contributed by atoms with Crippen LogP contribution in [0.4, 0.5) is 0 Å². The fourth-order valence-corrected chi connectivity index (χ4v) is 3.88. The van der Waals surface area contributed by atoms with Crippen LogP contribution >= 0.6 is 24.0 Å². The Morgan fingerprint density at radius 3 is 2.54 bits per heavy atom. The van der Waals surface area contributed by atoms with E-state index in [1.807, 2.05) is 6.08 Å². The molecule has 142 valence electrons. The van der Waals surface area contributed by atoms with Crippen molar-refractivity contribution in [1.29, 1.82) is 0 Å². The largest absolute Gasteiger partial charge is 0.355 e. The van der Waals surface area contributed by atoms with Crippen molar-refractivity contribution in [3.8, 4) is 0 Å². The molecule has 1 aliphatic heterocycles. The average Bonchev–Trinajstić information content (AvgIpc) is 2.52. The fourth-order valence-electron chi connectivity index (χ4n) is 2.60. The van der Waals surface area contributed by atoms with E-state index in [-0.39, 0.29) is 35.5 Å². The molecule has 0 amide bonds. The van der Waals surface area contributed by atoms with Crippen molar-refractivity contribution in [2.24, 2.45) is 4.99 Å². The highest BCUT2D eigenvalue weighted by molar-refractivity contribution is 14.0. The number of unbranched alkanes of at least 4 members (excludes halogenated alkanes) is 3. The molecule has 1 saturated heterocycles. The highest BCUT2D eigenvalue weighted by Crippen LogP contribution is 2.03. The third-order valence-electron chi connectivity index (χ3n) is 4.12. The third kappa shape index (κ3) is 9.83. The lowest BCUT2D eigenvalue weighted by Crippen LogP contribution is -2.46. The van der Waals surface area contributed by atoms with Crippen molar-refractivity contribution in [2.45, 2.75) is 25.7 Å². The van der Waals surface area contributed by atoms with E-state index in [1.54, 1.807) is 7.05 Å². The molecule has 1 rings (SSSR count). The van der Waals surface area contributed by atoms with Crippen LogP contribution in [0.25, 0.3) is 0 Å². The number of nitrogens with zero attached hydrogens (tertiary/aromatic N) is 3. The highest BCUT2D eigenvalue weighted by atomic mass is 127. The van der Waals surface area contributed by atoms with Crippen molar-refractivity contribution in [2.75, 3.05) is 58.3 Å². The molecule has 0 saturated carbocycles. The third-order valence-corrected chi connectivity index (χ3v) is 5.73. The van der Waals surface area contributed by atoms with Crippen LogP contribution in [0, 0.1) is 0 Å². The van der Waals surface area contributed by atoms with E-state index in [2.05, 4.69) is 33.7 Å². The van der Waals surface area contributed by atoms with Crippen molar-refractivity contribution in [3.63, 3.8) is 0 Å². The molecule has 0 radical (unpaired) electrons. The van der Waals surface area contributed by atoms with E-state index in [0.29, 0.717) is 13.1 Å². The number of allylic oxidation sites excluding steroid dienone is 1. The first-order valence-electron chi connectivity index (χ1n) is 8.44. The van der Waals surface area contributed by atoms with Gasteiger partial charge in [-0.15, -0.1) is 30.6 Å². The maximum atomic E-state index is 11.4. The van der Waals surface area contributed by atoms with Gasteiger partial charge in [-0.05, 0) is 19.3 Å². The minimum Gasteiger partial charge on any atom is -0.355 e. The van der Waals surface area contributed by atoms with Crippen molar-refractivity contribution >= 4 is 39.8 Å². The predicted octanol–water partition coefficient (Wildman–Crippen LogP) is 1.59. The minimum atomic E-state index is -2.79. The Labute approximate surface area is 164 Å². The number of rotatable bonds is 9. The summed E-state index contributed by atoms with van der Waals surface area (Å²) in [5.74, 6) is 1.47. The molecule has 0 spiro atoms. The normalized spacial score (nSPS) is 17.8. The predicted molar refractivity (Wildman–Crippen MR) is 113 cm³/mol. The van der Waals surface area contributed by atoms with Crippen molar-refractivity contribution in [1.82, 2.24) is 15.1 Å². The van der Waals surface area contributed by atoms with Gasteiger partial charge < -0.3 is 10.2 Å². The van der Waals surface area contributed by atoms with Crippen LogP contribution in [0.1, 0.15) is 25.7 Å². The highest BCUT2D eigenvalue weighted by Gasteiger charge is 2.21. The Balaban J connectivity index is 0.00000529. The minimum absolute atomic E-state index is 0. The lowest BCUT2D eigenvalue weighted by molar-refractivity contribution is 0.298. The van der Waals surface area contributed by atoms with Crippen LogP contribution < -0.4 is 5.32 Å². The molecule has 24 heavy (non-hydrogen) atoms. The zero-order valence-electron chi connectivity index (χ0n) is 15.0. The maximum absolute atomic E-state index is 11.4. The number of hydrogen-bond donors (Lipinski definition) is 1. The quantitative estimate of drug-likeness (QED) is 0.182. The Morgan fingerprint density at radius 1 is 1.29 bits per heavy atom. The molecule has 1 aliphatic rings. The van der Waals surface area contributed by atoms with Gasteiger partial charge in [0.2, 0.25) is 0 Å². The molecule has 0 aromatic heterocycles. The molecule has 1 heterocycles. The molecule has 8 heteroatoms. The molecule has 0 aromatic carbocycles. The Morgan fingerprint density at radius 2 is 1.96 bits per heavy atom. The molecule has 0 bridgehead atoms. The van der Waals surface area contributed by atoms with Gasteiger partial charge in [-0.1, -0.05) is 12.5 Å². The monoisotopic (exact) mass is 472 g/mol. The van der Waals surface area contributed by atoms with Gasteiger partial charge in [0.25, 0.3) is 0 Å². The van der Waals surface area contributed by atoms with Gasteiger partial charge >= 0.3 is 0 Å². The summed E-state index contributed by atoms with van der Waals surface area (Å²) in [7, 11) is 1.06. The molecule has 0 unspecified atom stereocenters. The second-order valence-corrected chi connectivity index (χ2v) is 8.33. The van der Waals surface area contributed by atoms with Gasteiger partial charge in [0.05, 0.1) is 11.5 Å². The Kier molecular flexibility index (Phi) is 12.7. The number of nitrogens with one attached hydrogen (secondary N) is 1. The van der Waals surface area contributed by atoms with Crippen LogP contribution in [0.3, 0.4) is 0 Å². The summed E-state index contributed by atoms with van der Waals surface area (Å²) in [6.45, 7) is 7.64. The van der Waals surface area contributed by atoms with Gasteiger partial charge in [-0.3, -0.25) is 9.89 Å². The summed E-state index contributed by atoms with van der Waals surface area (Å²) >= 11 is 0. The van der Waals surface area contributed by atoms with Gasteiger partial charge in [-0.2, -0.15) is 0 Å². The van der Waals surface area contributed by atoms with E-state index in [9.17, 15) is 8.42 Å². The van der Waals surface area contributed by atoms with Gasteiger partial charge in [0, 0.05) is 46.8 Å². The molecular formula is C16H33IN4O2S. The van der Waals surface area contributed by atoms with E-state index in [0.717, 1.165) is 38.4 Å². The first kappa shape index (κ1) is 23.6. The number of guanidine groups is 1. The second-order valence-electron chi connectivity index (χ2n) is 6.03. The van der Waals surface area contributed by atoms with Gasteiger partial charge in [0.1, 0.15) is 0 Å². The molecule has 0 atom stereocenters. The maximum Gasteiger partial charge on any atom is 0.193 e. The Hall–Kier alpha value is -0.350. The van der Waals surface area contributed by atoms with Crippen molar-refractivity contribution < 1.29 is 8.42 Å². The summed E-state index contributed by atoms with van der Waals surface area (Å²) in [5, 5.41) is 3.36. The first-order valence-corrected chi connectivity index (χ1v) is 10.3. The van der Waals surface area contributed by atoms with Crippen LogP contribution in [0.5, 0.6) is 0 Å². The molecule has 1 fully saturated rings. The molecule has 6 nitrogen and oxygen atoms in total. The number of halogens is 1. The first-order chi connectivity index (χ1) is 11.0. The fraction of sp³-hybridized carbons (Fsp3) is 0.812. The van der Waals surface area contributed by atoms with E-state index in [4.69, 9.17) is 0 Å². The van der Waals surface area contributed by atoms with E-state index < -0.39 is 9.84 Å². The summed E-state index contributed by atoms with van der Waals surface area (Å²) in [4.78, 5) is 8.65. The van der Waals surface area contributed by atoms with Gasteiger partial charge in [-0.25, -0.2) is 8.42 Å². The van der Waals surface area contributed by atoms with Crippen LogP contribution in [-0.2, 0) is 9.84 Å². The average molecular weight is 472 g/mol. The van der Waals surface area contributed by atoms with Crippen LogP contribution in [-0.4, -0.2) is 82.5 Å². The number of hydrogen-bond acceptors (Lipinski definition) is 4. The van der Waals surface area contributed by atoms with Gasteiger partial charge in [0.15, 0.2) is 15.8 Å². The van der Waals surface area contributed by atoms with Crippen LogP contribution in [0.15, 0.2) is 17.6 Å².